The number of pyridine rings is 1. The van der Waals surface area contributed by atoms with Gasteiger partial charge in [0.15, 0.2) is 0 Å². The van der Waals surface area contributed by atoms with E-state index in [1.54, 1.807) is 23.1 Å². The predicted octanol–water partition coefficient (Wildman–Crippen LogP) is 1.12. The van der Waals surface area contributed by atoms with Crippen LogP contribution in [0.3, 0.4) is 0 Å². The largest absolute Gasteiger partial charge is 0.334 e. The van der Waals surface area contributed by atoms with Crippen LogP contribution in [-0.2, 0) is 19.4 Å². The van der Waals surface area contributed by atoms with Gasteiger partial charge in [-0.1, -0.05) is 0 Å². The van der Waals surface area contributed by atoms with Crippen LogP contribution in [0, 0.1) is 0 Å². The number of amides is 1. The van der Waals surface area contributed by atoms with Crippen molar-refractivity contribution in [1.82, 2.24) is 19.7 Å². The highest BCUT2D eigenvalue weighted by molar-refractivity contribution is 5.94. The second kappa shape index (κ2) is 6.90. The molecule has 1 saturated heterocycles. The lowest BCUT2D eigenvalue weighted by molar-refractivity contribution is 0.0718. The summed E-state index contributed by atoms with van der Waals surface area (Å²) in [5.41, 5.74) is 1.72. The molecule has 2 aromatic heterocycles. The lowest BCUT2D eigenvalue weighted by atomic mass is 9.97. The summed E-state index contributed by atoms with van der Waals surface area (Å²) < 4.78 is 1.50. The van der Waals surface area contributed by atoms with E-state index in [0.29, 0.717) is 13.1 Å². The number of aryl methyl sites for hydroxylation is 2. The van der Waals surface area contributed by atoms with Gasteiger partial charge in [0, 0.05) is 18.8 Å². The summed E-state index contributed by atoms with van der Waals surface area (Å²) in [6.45, 7) is 0.972. The van der Waals surface area contributed by atoms with Crippen LogP contribution in [0.4, 0.5) is 0 Å². The van der Waals surface area contributed by atoms with Gasteiger partial charge in [-0.15, -0.1) is 0 Å². The first-order valence-corrected chi connectivity index (χ1v) is 9.22. The molecule has 136 valence electrons. The van der Waals surface area contributed by atoms with Crippen LogP contribution in [0.5, 0.6) is 0 Å². The molecule has 1 amide bonds. The molecule has 1 atom stereocenters. The molecule has 3 heterocycles. The van der Waals surface area contributed by atoms with Crippen LogP contribution >= 0.6 is 0 Å². The molecule has 2 aromatic rings. The average Bonchev–Trinajstić information content (AvgIpc) is 3.10. The first-order valence-electron chi connectivity index (χ1n) is 9.22. The van der Waals surface area contributed by atoms with Crippen molar-refractivity contribution in [1.29, 1.82) is 0 Å². The van der Waals surface area contributed by atoms with Gasteiger partial charge in [-0.25, -0.2) is 4.68 Å². The second-order valence-corrected chi connectivity index (χ2v) is 7.05. The van der Waals surface area contributed by atoms with Crippen LogP contribution in [0.1, 0.15) is 47.3 Å². The van der Waals surface area contributed by atoms with Crippen LogP contribution < -0.4 is 11.1 Å². The molecule has 0 radical (unpaired) electrons. The van der Waals surface area contributed by atoms with E-state index < -0.39 is 0 Å². The van der Waals surface area contributed by atoms with Crippen molar-refractivity contribution < 1.29 is 4.79 Å². The second-order valence-electron chi connectivity index (χ2n) is 7.05. The first-order chi connectivity index (χ1) is 12.6. The zero-order valence-corrected chi connectivity index (χ0v) is 14.6. The monoisotopic (exact) mass is 354 g/mol. The number of nitrogens with zero attached hydrogens (tertiary/aromatic N) is 3. The Bertz CT molecular complexity index is 946. The molecule has 26 heavy (non-hydrogen) atoms. The van der Waals surface area contributed by atoms with Gasteiger partial charge < -0.3 is 9.88 Å². The van der Waals surface area contributed by atoms with Gasteiger partial charge in [0.2, 0.25) is 0 Å². The summed E-state index contributed by atoms with van der Waals surface area (Å²) in [7, 11) is 0. The van der Waals surface area contributed by atoms with E-state index in [-0.39, 0.29) is 28.6 Å². The number of likely N-dealkylation sites (tertiary alicyclic amines) is 1. The number of hydrogen-bond donors (Lipinski definition) is 1. The number of nitrogens with one attached hydrogen (secondary N) is 1. The van der Waals surface area contributed by atoms with E-state index in [0.717, 1.165) is 49.8 Å². The summed E-state index contributed by atoms with van der Waals surface area (Å²) in [6, 6.07) is 4.77. The van der Waals surface area contributed by atoms with Gasteiger partial charge >= 0.3 is 0 Å². The standard InChI is InChI=1S/C19H22N4O3/c24-17-11-13-5-1-2-8-16(13)21-23(17)12-14-6-4-10-22(14)19(26)15-7-3-9-20-18(15)25/h3,7,9,11,14H,1-2,4-6,8,10,12H2,(H,20,25). The fourth-order valence-corrected chi connectivity index (χ4v) is 3.97. The minimum absolute atomic E-state index is 0.109. The van der Waals surface area contributed by atoms with E-state index >= 15 is 0 Å². The third-order valence-corrected chi connectivity index (χ3v) is 5.34. The molecule has 7 nitrogen and oxygen atoms in total. The van der Waals surface area contributed by atoms with E-state index in [1.165, 1.54) is 10.9 Å². The smallest absolute Gasteiger partial charge is 0.267 e. The normalized spacial score (nSPS) is 19.4. The van der Waals surface area contributed by atoms with Crippen molar-refractivity contribution in [3.63, 3.8) is 0 Å². The number of aromatic amines is 1. The lowest BCUT2D eigenvalue weighted by Gasteiger charge is -2.25. The number of carbonyl (C=O) groups is 1. The van der Waals surface area contributed by atoms with Gasteiger partial charge in [0.25, 0.3) is 17.0 Å². The van der Waals surface area contributed by atoms with E-state index in [2.05, 4.69) is 10.1 Å². The Kier molecular flexibility index (Phi) is 4.44. The van der Waals surface area contributed by atoms with Crippen molar-refractivity contribution in [3.8, 4) is 0 Å². The number of H-pyrrole nitrogens is 1. The third kappa shape index (κ3) is 3.09. The Labute approximate surface area is 150 Å². The highest BCUT2D eigenvalue weighted by Gasteiger charge is 2.31. The average molecular weight is 354 g/mol. The minimum Gasteiger partial charge on any atom is -0.334 e. The summed E-state index contributed by atoms with van der Waals surface area (Å²) in [6.07, 6.45) is 7.21. The molecule has 1 unspecified atom stereocenters. The quantitative estimate of drug-likeness (QED) is 0.894. The molecule has 0 saturated carbocycles. The van der Waals surface area contributed by atoms with E-state index in [4.69, 9.17) is 0 Å². The Morgan fingerprint density at radius 2 is 2.08 bits per heavy atom. The molecule has 1 N–H and O–H groups in total. The molecule has 7 heteroatoms. The van der Waals surface area contributed by atoms with Gasteiger partial charge in [-0.05, 0) is 56.2 Å². The first kappa shape index (κ1) is 16.8. The number of carbonyl (C=O) groups excluding carboxylic acids is 1. The molecule has 0 aromatic carbocycles. The molecule has 0 spiro atoms. The third-order valence-electron chi connectivity index (χ3n) is 5.34. The number of fused-ring (bicyclic) bond motifs is 1. The van der Waals surface area contributed by atoms with Gasteiger partial charge in [-0.2, -0.15) is 5.10 Å². The Morgan fingerprint density at radius 3 is 2.92 bits per heavy atom. The predicted molar refractivity (Wildman–Crippen MR) is 96.3 cm³/mol. The van der Waals surface area contributed by atoms with Crippen LogP contribution in [0.2, 0.25) is 0 Å². The fourth-order valence-electron chi connectivity index (χ4n) is 3.97. The molecular formula is C19H22N4O3. The zero-order chi connectivity index (χ0) is 18.1. The van der Waals surface area contributed by atoms with Crippen molar-refractivity contribution in [2.75, 3.05) is 6.54 Å². The summed E-state index contributed by atoms with van der Waals surface area (Å²) >= 11 is 0. The highest BCUT2D eigenvalue weighted by Crippen LogP contribution is 2.21. The number of hydrogen-bond acceptors (Lipinski definition) is 4. The Hall–Kier alpha value is -2.70. The van der Waals surface area contributed by atoms with E-state index in [1.807, 2.05) is 0 Å². The Morgan fingerprint density at radius 1 is 1.23 bits per heavy atom. The molecule has 1 aliphatic carbocycles. The summed E-state index contributed by atoms with van der Waals surface area (Å²) in [5.74, 6) is -0.277. The zero-order valence-electron chi connectivity index (χ0n) is 14.6. The van der Waals surface area contributed by atoms with Crippen LogP contribution in [0.15, 0.2) is 34.0 Å². The van der Waals surface area contributed by atoms with Gasteiger partial charge in [-0.3, -0.25) is 14.4 Å². The highest BCUT2D eigenvalue weighted by atomic mass is 16.2. The minimum atomic E-state index is -0.382. The number of rotatable bonds is 3. The molecule has 1 aliphatic heterocycles. The van der Waals surface area contributed by atoms with Crippen molar-refractivity contribution >= 4 is 5.91 Å². The number of aromatic nitrogens is 3. The maximum atomic E-state index is 12.8. The SMILES string of the molecule is O=C(c1ccc[nH]c1=O)N1CCCC1Cn1nc2c(cc1=O)CCCC2. The lowest BCUT2D eigenvalue weighted by Crippen LogP contribution is -2.42. The maximum Gasteiger partial charge on any atom is 0.267 e. The Balaban J connectivity index is 1.58. The molecule has 4 rings (SSSR count). The topological polar surface area (TPSA) is 88.1 Å². The van der Waals surface area contributed by atoms with Gasteiger partial charge in [0.05, 0.1) is 18.3 Å². The maximum absolute atomic E-state index is 12.8. The molecule has 0 bridgehead atoms. The summed E-state index contributed by atoms with van der Waals surface area (Å²) in [5, 5.41) is 4.56. The summed E-state index contributed by atoms with van der Waals surface area (Å²) in [4.78, 5) is 41.4. The fraction of sp³-hybridized carbons (Fsp3) is 0.474. The van der Waals surface area contributed by atoms with Crippen molar-refractivity contribution in [3.05, 3.63) is 61.9 Å². The van der Waals surface area contributed by atoms with Gasteiger partial charge in [0.1, 0.15) is 5.56 Å². The molecule has 1 fully saturated rings. The van der Waals surface area contributed by atoms with Crippen molar-refractivity contribution in [2.45, 2.75) is 51.1 Å². The molecular weight excluding hydrogens is 332 g/mol. The molecule has 2 aliphatic rings. The van der Waals surface area contributed by atoms with Crippen LogP contribution in [-0.4, -0.2) is 38.2 Å². The van der Waals surface area contributed by atoms with Crippen molar-refractivity contribution in [2.24, 2.45) is 0 Å². The van der Waals surface area contributed by atoms with Crippen LogP contribution in [0.25, 0.3) is 0 Å². The van der Waals surface area contributed by atoms with E-state index in [9.17, 15) is 14.4 Å².